The molecule has 19 heavy (non-hydrogen) atoms. The number of imidazole rings is 1. The fraction of sp³-hybridized carbons (Fsp3) is 0.0714. The molecule has 0 radical (unpaired) electrons. The van der Waals surface area contributed by atoms with E-state index < -0.39 is 11.6 Å². The number of rotatable bonds is 1. The van der Waals surface area contributed by atoms with Crippen LogP contribution in [-0.4, -0.2) is 15.1 Å². The van der Waals surface area contributed by atoms with Gasteiger partial charge in [-0.2, -0.15) is 0 Å². The molecule has 0 atom stereocenters. The number of benzene rings is 2. The van der Waals surface area contributed by atoms with Crippen LogP contribution in [0.15, 0.2) is 30.3 Å². The lowest BCUT2D eigenvalue weighted by Crippen LogP contribution is -1.84. The first-order valence-electron chi connectivity index (χ1n) is 5.69. The normalized spacial score (nSPS) is 11.1. The third-order valence-corrected chi connectivity index (χ3v) is 2.99. The summed E-state index contributed by atoms with van der Waals surface area (Å²) in [6.07, 6.45) is 0. The zero-order valence-corrected chi connectivity index (χ0v) is 10.0. The highest BCUT2D eigenvalue weighted by atomic mass is 19.2. The zero-order chi connectivity index (χ0) is 13.6. The lowest BCUT2D eigenvalue weighted by Gasteiger charge is -2.02. The van der Waals surface area contributed by atoms with Crippen molar-refractivity contribution in [3.05, 3.63) is 47.5 Å². The van der Waals surface area contributed by atoms with Crippen LogP contribution < -0.4 is 0 Å². The Morgan fingerprint density at radius 2 is 1.84 bits per heavy atom. The third-order valence-electron chi connectivity index (χ3n) is 2.99. The predicted molar refractivity (Wildman–Crippen MR) is 67.8 cm³/mol. The molecule has 0 fully saturated rings. The van der Waals surface area contributed by atoms with E-state index in [1.165, 1.54) is 6.07 Å². The van der Waals surface area contributed by atoms with E-state index in [0.29, 0.717) is 16.9 Å². The molecule has 0 spiro atoms. The first kappa shape index (κ1) is 11.6. The summed E-state index contributed by atoms with van der Waals surface area (Å²) in [6.45, 7) is 1.82. The minimum atomic E-state index is -0.923. The van der Waals surface area contributed by atoms with E-state index in [4.69, 9.17) is 0 Å². The highest BCUT2D eigenvalue weighted by Gasteiger charge is 2.11. The summed E-state index contributed by atoms with van der Waals surface area (Å²) in [6, 6.07) is 6.98. The maximum atomic E-state index is 13.1. The standard InChI is InChI=1S/C14H10F2N2O/c1-7-4-8(19)2-3-9(7)14-17-12-5-10(15)11(16)6-13(12)18-14/h2-6,19H,1H3,(H,17,18). The van der Waals surface area contributed by atoms with Crippen molar-refractivity contribution in [1.82, 2.24) is 9.97 Å². The molecule has 1 aromatic heterocycles. The molecule has 3 rings (SSSR count). The first-order valence-corrected chi connectivity index (χ1v) is 5.69. The molecule has 0 aliphatic rings. The maximum absolute atomic E-state index is 13.1. The second-order valence-electron chi connectivity index (χ2n) is 4.37. The van der Waals surface area contributed by atoms with Crippen LogP contribution in [0.3, 0.4) is 0 Å². The van der Waals surface area contributed by atoms with Crippen molar-refractivity contribution < 1.29 is 13.9 Å². The number of aromatic amines is 1. The minimum absolute atomic E-state index is 0.162. The van der Waals surface area contributed by atoms with E-state index >= 15 is 0 Å². The Kier molecular flexibility index (Phi) is 2.48. The number of hydrogen-bond acceptors (Lipinski definition) is 2. The average Bonchev–Trinajstić information content (AvgIpc) is 2.72. The monoisotopic (exact) mass is 260 g/mol. The van der Waals surface area contributed by atoms with Crippen LogP contribution in [0.1, 0.15) is 5.56 Å². The van der Waals surface area contributed by atoms with E-state index in [-0.39, 0.29) is 5.75 Å². The number of H-pyrrole nitrogens is 1. The van der Waals surface area contributed by atoms with Crippen molar-refractivity contribution in [2.45, 2.75) is 6.92 Å². The van der Waals surface area contributed by atoms with Crippen LogP contribution in [0.2, 0.25) is 0 Å². The van der Waals surface area contributed by atoms with Gasteiger partial charge in [-0.15, -0.1) is 0 Å². The van der Waals surface area contributed by atoms with Gasteiger partial charge in [0.2, 0.25) is 0 Å². The largest absolute Gasteiger partial charge is 0.508 e. The molecule has 0 saturated heterocycles. The molecular formula is C14H10F2N2O. The van der Waals surface area contributed by atoms with Crippen molar-refractivity contribution in [2.24, 2.45) is 0 Å². The topological polar surface area (TPSA) is 48.9 Å². The molecule has 0 unspecified atom stereocenters. The molecule has 3 nitrogen and oxygen atoms in total. The number of nitrogens with zero attached hydrogens (tertiary/aromatic N) is 1. The second kappa shape index (κ2) is 4.05. The van der Waals surface area contributed by atoms with Gasteiger partial charge < -0.3 is 10.1 Å². The van der Waals surface area contributed by atoms with Crippen LogP contribution in [0.5, 0.6) is 5.75 Å². The van der Waals surface area contributed by atoms with E-state index in [1.807, 2.05) is 6.92 Å². The number of nitrogens with one attached hydrogen (secondary N) is 1. The molecule has 0 aliphatic heterocycles. The Hall–Kier alpha value is -2.43. The Morgan fingerprint density at radius 1 is 1.11 bits per heavy atom. The lowest BCUT2D eigenvalue weighted by molar-refractivity contribution is 0.475. The summed E-state index contributed by atoms with van der Waals surface area (Å²) >= 11 is 0. The molecule has 5 heteroatoms. The van der Waals surface area contributed by atoms with Gasteiger partial charge >= 0.3 is 0 Å². The van der Waals surface area contributed by atoms with Gasteiger partial charge in [-0.25, -0.2) is 13.8 Å². The number of phenols is 1. The van der Waals surface area contributed by atoms with E-state index in [9.17, 15) is 13.9 Å². The molecule has 3 aromatic rings. The molecule has 0 saturated carbocycles. The van der Waals surface area contributed by atoms with Gasteiger partial charge in [0.1, 0.15) is 11.6 Å². The highest BCUT2D eigenvalue weighted by molar-refractivity contribution is 5.80. The van der Waals surface area contributed by atoms with Gasteiger partial charge in [0.15, 0.2) is 11.6 Å². The SMILES string of the molecule is Cc1cc(O)ccc1-c1nc2cc(F)c(F)cc2[nH]1. The number of fused-ring (bicyclic) bond motifs is 1. The van der Waals surface area contributed by atoms with Crippen LogP contribution in [0.25, 0.3) is 22.4 Å². The number of aromatic nitrogens is 2. The van der Waals surface area contributed by atoms with Crippen LogP contribution in [0, 0.1) is 18.6 Å². The van der Waals surface area contributed by atoms with Gasteiger partial charge in [0.05, 0.1) is 11.0 Å². The fourth-order valence-corrected chi connectivity index (χ4v) is 2.05. The fourth-order valence-electron chi connectivity index (χ4n) is 2.05. The molecule has 0 amide bonds. The van der Waals surface area contributed by atoms with Crippen molar-refractivity contribution in [3.63, 3.8) is 0 Å². The van der Waals surface area contributed by atoms with Crippen LogP contribution in [0.4, 0.5) is 8.78 Å². The molecular weight excluding hydrogens is 250 g/mol. The summed E-state index contributed by atoms with van der Waals surface area (Å²) in [5.41, 5.74) is 2.39. The van der Waals surface area contributed by atoms with Gasteiger partial charge in [-0.05, 0) is 30.7 Å². The molecule has 0 bridgehead atoms. The van der Waals surface area contributed by atoms with Crippen LogP contribution in [-0.2, 0) is 0 Å². The molecule has 2 aromatic carbocycles. The summed E-state index contributed by atoms with van der Waals surface area (Å²) < 4.78 is 26.3. The molecule has 0 aliphatic carbocycles. The minimum Gasteiger partial charge on any atom is -0.508 e. The Balaban J connectivity index is 2.20. The third kappa shape index (κ3) is 1.93. The average molecular weight is 260 g/mol. The maximum Gasteiger partial charge on any atom is 0.161 e. The number of hydrogen-bond donors (Lipinski definition) is 2. The van der Waals surface area contributed by atoms with Crippen molar-refractivity contribution in [2.75, 3.05) is 0 Å². The summed E-state index contributed by atoms with van der Waals surface area (Å²) in [7, 11) is 0. The van der Waals surface area contributed by atoms with E-state index in [0.717, 1.165) is 23.3 Å². The number of halogens is 2. The van der Waals surface area contributed by atoms with E-state index in [1.54, 1.807) is 12.1 Å². The number of aryl methyl sites for hydroxylation is 1. The summed E-state index contributed by atoms with van der Waals surface area (Å²) in [5, 5.41) is 9.37. The predicted octanol–water partition coefficient (Wildman–Crippen LogP) is 3.52. The Bertz CT molecular complexity index is 741. The Morgan fingerprint density at radius 3 is 2.58 bits per heavy atom. The van der Waals surface area contributed by atoms with Gasteiger partial charge in [0, 0.05) is 17.7 Å². The van der Waals surface area contributed by atoms with Crippen LogP contribution >= 0.6 is 0 Å². The van der Waals surface area contributed by atoms with Crippen molar-refractivity contribution in [1.29, 1.82) is 0 Å². The van der Waals surface area contributed by atoms with Gasteiger partial charge in [-0.3, -0.25) is 0 Å². The van der Waals surface area contributed by atoms with Gasteiger partial charge in [-0.1, -0.05) is 0 Å². The molecule has 96 valence electrons. The first-order chi connectivity index (χ1) is 9.04. The zero-order valence-electron chi connectivity index (χ0n) is 10.0. The van der Waals surface area contributed by atoms with Crippen molar-refractivity contribution in [3.8, 4) is 17.1 Å². The second-order valence-corrected chi connectivity index (χ2v) is 4.37. The van der Waals surface area contributed by atoms with Gasteiger partial charge in [0.25, 0.3) is 0 Å². The van der Waals surface area contributed by atoms with Crippen molar-refractivity contribution >= 4 is 11.0 Å². The molecule has 2 N–H and O–H groups in total. The number of phenolic OH excluding ortho intramolecular Hbond substituents is 1. The summed E-state index contributed by atoms with van der Waals surface area (Å²) in [5.74, 6) is -1.16. The highest BCUT2D eigenvalue weighted by Crippen LogP contribution is 2.27. The lowest BCUT2D eigenvalue weighted by atomic mass is 10.1. The molecule has 1 heterocycles. The summed E-state index contributed by atoms with van der Waals surface area (Å²) in [4.78, 5) is 7.17. The quantitative estimate of drug-likeness (QED) is 0.703. The number of aromatic hydroxyl groups is 1. The van der Waals surface area contributed by atoms with E-state index in [2.05, 4.69) is 9.97 Å². The smallest absolute Gasteiger partial charge is 0.161 e. The Labute approximate surface area is 107 Å².